The Morgan fingerprint density at radius 2 is 1.86 bits per heavy atom. The van der Waals surface area contributed by atoms with E-state index in [1.165, 1.54) is 12.1 Å². The van der Waals surface area contributed by atoms with Gasteiger partial charge in [0.1, 0.15) is 17.3 Å². The molecule has 0 atom stereocenters. The summed E-state index contributed by atoms with van der Waals surface area (Å²) in [5.41, 5.74) is 2.04. The molecule has 0 aliphatic rings. The van der Waals surface area contributed by atoms with E-state index < -0.39 is 0 Å². The molecule has 0 saturated carbocycles. The summed E-state index contributed by atoms with van der Waals surface area (Å²) in [4.78, 5) is 0. The molecule has 0 bridgehead atoms. The molecule has 4 heteroatoms. The van der Waals surface area contributed by atoms with Crippen LogP contribution >= 0.6 is 0 Å². The maximum absolute atomic E-state index is 13.2. The van der Waals surface area contributed by atoms with Gasteiger partial charge in [-0.1, -0.05) is 0 Å². The SMILES string of the molecule is COc1ccc(Cn2ccc3cc(F)ccc32)c(OC)c1. The molecule has 0 fully saturated rings. The molecule has 3 nitrogen and oxygen atoms in total. The summed E-state index contributed by atoms with van der Waals surface area (Å²) in [6, 6.07) is 12.5. The highest BCUT2D eigenvalue weighted by molar-refractivity contribution is 5.80. The zero-order chi connectivity index (χ0) is 14.8. The molecule has 1 heterocycles. The van der Waals surface area contributed by atoms with Crippen molar-refractivity contribution in [3.8, 4) is 11.5 Å². The van der Waals surface area contributed by atoms with Crippen molar-refractivity contribution >= 4 is 10.9 Å². The lowest BCUT2D eigenvalue weighted by Crippen LogP contribution is -2.01. The normalized spacial score (nSPS) is 10.8. The number of fused-ring (bicyclic) bond motifs is 1. The second-order valence-electron chi connectivity index (χ2n) is 4.82. The second-order valence-corrected chi connectivity index (χ2v) is 4.82. The summed E-state index contributed by atoms with van der Waals surface area (Å²) in [6.45, 7) is 0.655. The molecule has 0 unspecified atom stereocenters. The predicted molar refractivity (Wildman–Crippen MR) is 80.5 cm³/mol. The molecule has 3 rings (SSSR count). The van der Waals surface area contributed by atoms with E-state index in [9.17, 15) is 4.39 Å². The van der Waals surface area contributed by atoms with Gasteiger partial charge >= 0.3 is 0 Å². The zero-order valence-electron chi connectivity index (χ0n) is 12.0. The summed E-state index contributed by atoms with van der Waals surface area (Å²) in [5, 5.41) is 0.891. The first-order valence-electron chi connectivity index (χ1n) is 6.66. The Balaban J connectivity index is 1.98. The number of methoxy groups -OCH3 is 2. The fourth-order valence-corrected chi connectivity index (χ4v) is 2.47. The van der Waals surface area contributed by atoms with Crippen LogP contribution in [-0.2, 0) is 6.54 Å². The smallest absolute Gasteiger partial charge is 0.127 e. The first-order valence-corrected chi connectivity index (χ1v) is 6.66. The van der Waals surface area contributed by atoms with Gasteiger partial charge in [0.2, 0.25) is 0 Å². The number of aromatic nitrogens is 1. The molecular weight excluding hydrogens is 269 g/mol. The van der Waals surface area contributed by atoms with Crippen LogP contribution in [0.5, 0.6) is 11.5 Å². The summed E-state index contributed by atoms with van der Waals surface area (Å²) >= 11 is 0. The average molecular weight is 285 g/mol. The van der Waals surface area contributed by atoms with E-state index in [-0.39, 0.29) is 5.82 Å². The third-order valence-electron chi connectivity index (χ3n) is 3.57. The molecule has 21 heavy (non-hydrogen) atoms. The number of hydrogen-bond donors (Lipinski definition) is 0. The van der Waals surface area contributed by atoms with Crippen molar-refractivity contribution in [2.24, 2.45) is 0 Å². The number of ether oxygens (including phenoxy) is 2. The van der Waals surface area contributed by atoms with E-state index in [0.29, 0.717) is 6.54 Å². The van der Waals surface area contributed by atoms with Gasteiger partial charge in [0.15, 0.2) is 0 Å². The Morgan fingerprint density at radius 1 is 1.00 bits per heavy atom. The monoisotopic (exact) mass is 285 g/mol. The van der Waals surface area contributed by atoms with E-state index in [1.54, 1.807) is 20.3 Å². The highest BCUT2D eigenvalue weighted by atomic mass is 19.1. The summed E-state index contributed by atoms with van der Waals surface area (Å²) in [6.07, 6.45) is 1.95. The Morgan fingerprint density at radius 3 is 2.62 bits per heavy atom. The fraction of sp³-hybridized carbons (Fsp3) is 0.176. The third-order valence-corrected chi connectivity index (χ3v) is 3.57. The number of rotatable bonds is 4. The van der Waals surface area contributed by atoms with Crippen molar-refractivity contribution in [1.29, 1.82) is 0 Å². The van der Waals surface area contributed by atoms with Crippen molar-refractivity contribution in [1.82, 2.24) is 4.57 Å². The molecule has 0 amide bonds. The maximum Gasteiger partial charge on any atom is 0.127 e. The molecule has 0 radical (unpaired) electrons. The van der Waals surface area contributed by atoms with Gasteiger partial charge in [-0.2, -0.15) is 0 Å². The van der Waals surface area contributed by atoms with Crippen LogP contribution in [0.25, 0.3) is 10.9 Å². The highest BCUT2D eigenvalue weighted by Crippen LogP contribution is 2.27. The van der Waals surface area contributed by atoms with Gasteiger partial charge in [-0.15, -0.1) is 0 Å². The van der Waals surface area contributed by atoms with Crippen LogP contribution in [-0.4, -0.2) is 18.8 Å². The number of benzene rings is 2. The molecule has 0 aliphatic carbocycles. The van der Waals surface area contributed by atoms with E-state index in [2.05, 4.69) is 4.57 Å². The van der Waals surface area contributed by atoms with Crippen LogP contribution in [0, 0.1) is 5.82 Å². The minimum atomic E-state index is -0.220. The molecule has 0 aliphatic heterocycles. The quantitative estimate of drug-likeness (QED) is 0.727. The first kappa shape index (κ1) is 13.5. The minimum Gasteiger partial charge on any atom is -0.497 e. The molecule has 2 aromatic carbocycles. The van der Waals surface area contributed by atoms with Crippen LogP contribution < -0.4 is 9.47 Å². The molecule has 1 aromatic heterocycles. The Kier molecular flexibility index (Phi) is 3.52. The lowest BCUT2D eigenvalue weighted by molar-refractivity contribution is 0.390. The average Bonchev–Trinajstić information content (AvgIpc) is 2.89. The minimum absolute atomic E-state index is 0.220. The van der Waals surface area contributed by atoms with Crippen LogP contribution in [0.1, 0.15) is 5.56 Å². The van der Waals surface area contributed by atoms with Gasteiger partial charge in [-0.05, 0) is 36.4 Å². The largest absolute Gasteiger partial charge is 0.497 e. The number of halogens is 1. The van der Waals surface area contributed by atoms with E-state index in [1.807, 2.05) is 30.5 Å². The standard InChI is InChI=1S/C17H16FNO2/c1-20-15-5-3-13(17(10-15)21-2)11-19-8-7-12-9-14(18)4-6-16(12)19/h3-10H,11H2,1-2H3. The number of hydrogen-bond acceptors (Lipinski definition) is 2. The van der Waals surface area contributed by atoms with Crippen molar-refractivity contribution < 1.29 is 13.9 Å². The van der Waals surface area contributed by atoms with Crippen LogP contribution in [0.4, 0.5) is 4.39 Å². The molecule has 0 saturated heterocycles. The fourth-order valence-electron chi connectivity index (χ4n) is 2.47. The summed E-state index contributed by atoms with van der Waals surface area (Å²) in [5.74, 6) is 1.32. The van der Waals surface area contributed by atoms with Crippen molar-refractivity contribution in [2.45, 2.75) is 6.54 Å². The van der Waals surface area contributed by atoms with Gasteiger partial charge in [0.05, 0.1) is 20.8 Å². The predicted octanol–water partition coefficient (Wildman–Crippen LogP) is 3.85. The molecule has 3 aromatic rings. The third kappa shape index (κ3) is 2.57. The maximum atomic E-state index is 13.2. The van der Waals surface area contributed by atoms with Crippen LogP contribution in [0.2, 0.25) is 0 Å². The second kappa shape index (κ2) is 5.48. The van der Waals surface area contributed by atoms with E-state index >= 15 is 0 Å². The lowest BCUT2D eigenvalue weighted by Gasteiger charge is -2.12. The Labute approximate surface area is 122 Å². The Hall–Kier alpha value is -2.49. The Bertz CT molecular complexity index is 780. The van der Waals surface area contributed by atoms with Crippen molar-refractivity contribution in [2.75, 3.05) is 14.2 Å². The highest BCUT2D eigenvalue weighted by Gasteiger charge is 2.08. The van der Waals surface area contributed by atoms with Gasteiger partial charge in [-0.25, -0.2) is 4.39 Å². The molecular formula is C17H16FNO2. The number of nitrogens with zero attached hydrogens (tertiary/aromatic N) is 1. The van der Waals surface area contributed by atoms with Gasteiger partial charge < -0.3 is 14.0 Å². The van der Waals surface area contributed by atoms with Gasteiger partial charge in [0.25, 0.3) is 0 Å². The molecule has 0 N–H and O–H groups in total. The summed E-state index contributed by atoms with van der Waals surface area (Å²) in [7, 11) is 3.27. The molecule has 108 valence electrons. The van der Waals surface area contributed by atoms with Crippen molar-refractivity contribution in [3.63, 3.8) is 0 Å². The lowest BCUT2D eigenvalue weighted by atomic mass is 10.2. The van der Waals surface area contributed by atoms with E-state index in [0.717, 1.165) is 28.0 Å². The molecule has 0 spiro atoms. The van der Waals surface area contributed by atoms with E-state index in [4.69, 9.17) is 9.47 Å². The summed E-state index contributed by atoms with van der Waals surface area (Å²) < 4.78 is 25.9. The first-order chi connectivity index (χ1) is 10.2. The van der Waals surface area contributed by atoms with Crippen LogP contribution in [0.3, 0.4) is 0 Å². The van der Waals surface area contributed by atoms with Gasteiger partial charge in [0, 0.05) is 28.7 Å². The topological polar surface area (TPSA) is 23.4 Å². The zero-order valence-corrected chi connectivity index (χ0v) is 12.0. The van der Waals surface area contributed by atoms with Gasteiger partial charge in [-0.3, -0.25) is 0 Å². The van der Waals surface area contributed by atoms with Crippen molar-refractivity contribution in [3.05, 3.63) is 60.0 Å². The van der Waals surface area contributed by atoms with Crippen LogP contribution in [0.15, 0.2) is 48.7 Å².